The van der Waals surface area contributed by atoms with Gasteiger partial charge in [-0.15, -0.1) is 0 Å². The van der Waals surface area contributed by atoms with Crippen LogP contribution in [-0.2, 0) is 17.0 Å². The summed E-state index contributed by atoms with van der Waals surface area (Å²) in [5.41, 5.74) is 4.74. The number of amides is 1. The normalized spacial score (nSPS) is 13.4. The van der Waals surface area contributed by atoms with Crippen molar-refractivity contribution in [1.29, 1.82) is 0 Å². The van der Waals surface area contributed by atoms with Crippen molar-refractivity contribution in [2.75, 3.05) is 31.2 Å². The van der Waals surface area contributed by atoms with E-state index in [9.17, 15) is 4.79 Å². The third kappa shape index (κ3) is 6.30. The van der Waals surface area contributed by atoms with Crippen molar-refractivity contribution in [2.24, 2.45) is 0 Å². The van der Waals surface area contributed by atoms with Crippen LogP contribution in [-0.4, -0.2) is 42.2 Å². The molecule has 0 aliphatic carbocycles. The lowest BCUT2D eigenvalue weighted by Crippen LogP contribution is -2.36. The zero-order valence-corrected chi connectivity index (χ0v) is 20.8. The molecule has 1 saturated heterocycles. The largest absolute Gasteiger partial charge is 0.378 e. The zero-order chi connectivity index (χ0) is 24.6. The summed E-state index contributed by atoms with van der Waals surface area (Å²) in [5, 5.41) is 3.72. The van der Waals surface area contributed by atoms with Crippen LogP contribution in [0.15, 0.2) is 96.2 Å². The molecule has 3 aromatic carbocycles. The first kappa shape index (κ1) is 24.0. The first-order valence-electron chi connectivity index (χ1n) is 12.1. The van der Waals surface area contributed by atoms with Crippen molar-refractivity contribution in [3.63, 3.8) is 0 Å². The van der Waals surface area contributed by atoms with Gasteiger partial charge in [0.15, 0.2) is 5.16 Å². The van der Waals surface area contributed by atoms with Gasteiger partial charge >= 0.3 is 0 Å². The van der Waals surface area contributed by atoms with Crippen LogP contribution in [0, 0.1) is 0 Å². The summed E-state index contributed by atoms with van der Waals surface area (Å²) in [4.78, 5) is 24.7. The summed E-state index contributed by atoms with van der Waals surface area (Å²) in [5.74, 6) is 1.51. The molecule has 5 rings (SSSR count). The molecule has 182 valence electrons. The molecule has 0 atom stereocenters. The van der Waals surface area contributed by atoms with Crippen molar-refractivity contribution < 1.29 is 9.53 Å². The molecule has 36 heavy (non-hydrogen) atoms. The van der Waals surface area contributed by atoms with Gasteiger partial charge in [-0.25, -0.2) is 9.97 Å². The van der Waals surface area contributed by atoms with Crippen LogP contribution in [0.5, 0.6) is 0 Å². The molecule has 0 bridgehead atoms. The maximum Gasteiger partial charge on any atom is 0.251 e. The van der Waals surface area contributed by atoms with Crippen LogP contribution in [0.25, 0.3) is 11.3 Å². The zero-order valence-electron chi connectivity index (χ0n) is 20.0. The smallest absolute Gasteiger partial charge is 0.251 e. The molecule has 0 unspecified atom stereocenters. The lowest BCUT2D eigenvalue weighted by molar-refractivity contribution is 0.0951. The van der Waals surface area contributed by atoms with Crippen molar-refractivity contribution in [1.82, 2.24) is 15.3 Å². The van der Waals surface area contributed by atoms with Gasteiger partial charge in [-0.05, 0) is 23.3 Å². The average Bonchev–Trinajstić information content (AvgIpc) is 2.96. The number of thioether (sulfide) groups is 1. The highest BCUT2D eigenvalue weighted by atomic mass is 32.2. The Balaban J connectivity index is 1.30. The number of hydrogen-bond acceptors (Lipinski definition) is 6. The molecule has 1 aliphatic heterocycles. The number of benzene rings is 3. The highest BCUT2D eigenvalue weighted by molar-refractivity contribution is 7.98. The molecular weight excluding hydrogens is 468 g/mol. The first-order chi connectivity index (χ1) is 17.7. The maximum atomic E-state index is 12.7. The number of carbonyl (C=O) groups excluding carboxylic acids is 1. The average molecular weight is 497 g/mol. The van der Waals surface area contributed by atoms with Gasteiger partial charge in [-0.2, -0.15) is 0 Å². The number of anilines is 1. The lowest BCUT2D eigenvalue weighted by Gasteiger charge is -2.28. The third-order valence-electron chi connectivity index (χ3n) is 5.95. The Kier molecular flexibility index (Phi) is 7.90. The molecule has 2 heterocycles. The fourth-order valence-electron chi connectivity index (χ4n) is 4.02. The summed E-state index contributed by atoms with van der Waals surface area (Å²) in [6.07, 6.45) is 0. The molecule has 1 amide bonds. The summed E-state index contributed by atoms with van der Waals surface area (Å²) in [6, 6.07) is 29.9. The molecule has 7 heteroatoms. The second-order valence-electron chi connectivity index (χ2n) is 8.52. The van der Waals surface area contributed by atoms with Gasteiger partial charge in [0.2, 0.25) is 0 Å². The van der Waals surface area contributed by atoms with Gasteiger partial charge in [0.05, 0.1) is 18.9 Å². The topological polar surface area (TPSA) is 67.4 Å². The SMILES string of the molecule is O=C(NCc1ccccc1)c1cccc(CSc2nc(-c3ccccc3)cc(N3CCOCC3)n2)c1. The maximum absolute atomic E-state index is 12.7. The van der Waals surface area contributed by atoms with E-state index < -0.39 is 0 Å². The number of morpholine rings is 1. The number of carbonyl (C=O) groups is 1. The Labute approximate surface area is 215 Å². The summed E-state index contributed by atoms with van der Waals surface area (Å²) >= 11 is 1.58. The second-order valence-corrected chi connectivity index (χ2v) is 9.46. The number of rotatable bonds is 8. The molecule has 0 radical (unpaired) electrons. The molecular formula is C29H28N4O2S. The van der Waals surface area contributed by atoms with Gasteiger partial charge < -0.3 is 15.0 Å². The van der Waals surface area contributed by atoms with Crippen molar-refractivity contribution in [3.05, 3.63) is 108 Å². The van der Waals surface area contributed by atoms with Crippen LogP contribution >= 0.6 is 11.8 Å². The van der Waals surface area contributed by atoms with E-state index in [1.54, 1.807) is 11.8 Å². The fraction of sp³-hybridized carbons (Fsp3) is 0.207. The monoisotopic (exact) mass is 496 g/mol. The Morgan fingerprint density at radius 2 is 1.58 bits per heavy atom. The van der Waals surface area contributed by atoms with Crippen LogP contribution < -0.4 is 10.2 Å². The van der Waals surface area contributed by atoms with Crippen LogP contribution in [0.4, 0.5) is 5.82 Å². The lowest BCUT2D eigenvalue weighted by atomic mass is 10.1. The third-order valence-corrected chi connectivity index (χ3v) is 6.87. The number of ether oxygens (including phenoxy) is 1. The molecule has 0 spiro atoms. The van der Waals surface area contributed by atoms with E-state index in [1.807, 2.05) is 72.8 Å². The van der Waals surface area contributed by atoms with Crippen LogP contribution in [0.3, 0.4) is 0 Å². The minimum atomic E-state index is -0.0809. The minimum absolute atomic E-state index is 0.0809. The van der Waals surface area contributed by atoms with Gasteiger partial charge in [-0.3, -0.25) is 4.79 Å². The fourth-order valence-corrected chi connectivity index (χ4v) is 4.82. The van der Waals surface area contributed by atoms with Gasteiger partial charge in [0.1, 0.15) is 5.82 Å². The highest BCUT2D eigenvalue weighted by Crippen LogP contribution is 2.28. The van der Waals surface area contributed by atoms with E-state index in [4.69, 9.17) is 14.7 Å². The quantitative estimate of drug-likeness (QED) is 0.267. The molecule has 1 aliphatic rings. The summed E-state index contributed by atoms with van der Waals surface area (Å²) < 4.78 is 5.52. The molecule has 1 N–H and O–H groups in total. The van der Waals surface area contributed by atoms with Gasteiger partial charge in [-0.1, -0.05) is 84.6 Å². The molecule has 1 fully saturated rings. The van der Waals surface area contributed by atoms with E-state index in [-0.39, 0.29) is 5.91 Å². The number of hydrogen-bond donors (Lipinski definition) is 1. The Morgan fingerprint density at radius 1 is 0.861 bits per heavy atom. The van der Waals surface area contributed by atoms with E-state index in [0.717, 1.165) is 46.4 Å². The van der Waals surface area contributed by atoms with Crippen molar-refractivity contribution >= 4 is 23.5 Å². The Bertz CT molecular complexity index is 1300. The van der Waals surface area contributed by atoms with Crippen molar-refractivity contribution in [3.8, 4) is 11.3 Å². The summed E-state index contributed by atoms with van der Waals surface area (Å²) in [7, 11) is 0. The second kappa shape index (κ2) is 11.8. The molecule has 6 nitrogen and oxygen atoms in total. The highest BCUT2D eigenvalue weighted by Gasteiger charge is 2.16. The predicted molar refractivity (Wildman–Crippen MR) is 144 cm³/mol. The minimum Gasteiger partial charge on any atom is -0.378 e. The number of nitrogens with zero attached hydrogens (tertiary/aromatic N) is 3. The molecule has 4 aromatic rings. The number of nitrogens with one attached hydrogen (secondary N) is 1. The standard InChI is InChI=1S/C29H28N4O2S/c34-28(30-20-22-8-3-1-4-9-22)25-13-7-10-23(18-25)21-36-29-31-26(24-11-5-2-6-12-24)19-27(32-29)33-14-16-35-17-15-33/h1-13,18-19H,14-17,20-21H2,(H,30,34). The van der Waals surface area contributed by atoms with E-state index >= 15 is 0 Å². The van der Waals surface area contributed by atoms with Crippen molar-refractivity contribution in [2.45, 2.75) is 17.5 Å². The first-order valence-corrected chi connectivity index (χ1v) is 13.0. The Hall–Kier alpha value is -3.68. The van der Waals surface area contributed by atoms with Crippen LogP contribution in [0.2, 0.25) is 0 Å². The van der Waals surface area contributed by atoms with E-state index in [0.29, 0.717) is 31.1 Å². The van der Waals surface area contributed by atoms with Crippen LogP contribution in [0.1, 0.15) is 21.5 Å². The summed E-state index contributed by atoms with van der Waals surface area (Å²) in [6.45, 7) is 3.53. The van der Waals surface area contributed by atoms with E-state index in [1.165, 1.54) is 0 Å². The van der Waals surface area contributed by atoms with Gasteiger partial charge in [0, 0.05) is 42.6 Å². The molecule has 1 aromatic heterocycles. The predicted octanol–water partition coefficient (Wildman–Crippen LogP) is 5.20. The van der Waals surface area contributed by atoms with E-state index in [2.05, 4.69) is 28.4 Å². The molecule has 0 saturated carbocycles. The van der Waals surface area contributed by atoms with Gasteiger partial charge in [0.25, 0.3) is 5.91 Å². The number of aromatic nitrogens is 2. The Morgan fingerprint density at radius 3 is 2.36 bits per heavy atom.